The van der Waals surface area contributed by atoms with E-state index >= 15 is 0 Å². The van der Waals surface area contributed by atoms with Crippen molar-refractivity contribution in [3.05, 3.63) is 72.1 Å². The molecule has 0 spiro atoms. The molecule has 0 bridgehead atoms. The zero-order valence-corrected chi connectivity index (χ0v) is 14.9. The second-order valence-electron chi connectivity index (χ2n) is 6.30. The van der Waals surface area contributed by atoms with Gasteiger partial charge in [0.25, 0.3) is 5.82 Å². The topological polar surface area (TPSA) is 64.1 Å². The summed E-state index contributed by atoms with van der Waals surface area (Å²) in [5.41, 5.74) is 1.17. The summed E-state index contributed by atoms with van der Waals surface area (Å²) >= 11 is 0. The molecule has 0 N–H and O–H groups in total. The summed E-state index contributed by atoms with van der Waals surface area (Å²) in [4.78, 5) is 6.09. The highest BCUT2D eigenvalue weighted by atomic mass is 19.4. The minimum atomic E-state index is -4.63. The third kappa shape index (κ3) is 3.53. The molecular weight excluding hydrogens is 371 g/mol. The Hall–Kier alpha value is -3.43. The number of aromatic nitrogens is 6. The van der Waals surface area contributed by atoms with Crippen molar-refractivity contribution in [2.24, 2.45) is 0 Å². The van der Waals surface area contributed by atoms with Gasteiger partial charge in [0.05, 0.1) is 6.54 Å². The lowest BCUT2D eigenvalue weighted by atomic mass is 10.2. The van der Waals surface area contributed by atoms with Gasteiger partial charge in [-0.25, -0.2) is 4.98 Å². The average Bonchev–Trinajstić information content (AvgIpc) is 3.28. The molecule has 144 valence electrons. The maximum Gasteiger partial charge on any atom is 0.453 e. The van der Waals surface area contributed by atoms with Crippen molar-refractivity contribution in [2.45, 2.75) is 19.3 Å². The van der Waals surface area contributed by atoms with Crippen LogP contribution < -0.4 is 4.90 Å². The number of imidazole rings is 1. The Labute approximate surface area is 158 Å². The molecule has 0 aliphatic carbocycles. The van der Waals surface area contributed by atoms with E-state index in [2.05, 4.69) is 20.3 Å². The van der Waals surface area contributed by atoms with E-state index in [4.69, 9.17) is 0 Å². The van der Waals surface area contributed by atoms with Gasteiger partial charge in [0.2, 0.25) is 0 Å². The molecule has 0 unspecified atom stereocenters. The van der Waals surface area contributed by atoms with Crippen molar-refractivity contribution in [3.8, 4) is 0 Å². The van der Waals surface area contributed by atoms with Crippen LogP contribution in [0.1, 0.15) is 17.2 Å². The van der Waals surface area contributed by atoms with Gasteiger partial charge >= 0.3 is 6.18 Å². The first-order valence-electron chi connectivity index (χ1n) is 8.46. The van der Waals surface area contributed by atoms with E-state index in [1.807, 2.05) is 41.1 Å². The van der Waals surface area contributed by atoms with Crippen molar-refractivity contribution in [1.29, 1.82) is 0 Å². The number of hydrogen-bond acceptors (Lipinski definition) is 5. The number of fused-ring (bicyclic) bond motifs is 1. The smallest absolute Gasteiger partial charge is 0.351 e. The van der Waals surface area contributed by atoms with Gasteiger partial charge in [-0.15, -0.1) is 15.3 Å². The van der Waals surface area contributed by atoms with Gasteiger partial charge < -0.3 is 9.47 Å². The summed E-state index contributed by atoms with van der Waals surface area (Å²) in [6.45, 7) is 1.03. The molecule has 0 fully saturated rings. The molecule has 7 nitrogen and oxygen atoms in total. The van der Waals surface area contributed by atoms with Gasteiger partial charge in [-0.1, -0.05) is 30.3 Å². The standard InChI is InChI=1S/C18H16F3N7/c1-26(12-16-22-9-10-27(16)11-13-5-3-2-4-6-13)15-8-7-14-23-24-17(18(19,20)21)28(14)25-15/h2-10H,11-12H2,1H3. The third-order valence-corrected chi connectivity index (χ3v) is 4.27. The highest BCUT2D eigenvalue weighted by Crippen LogP contribution is 2.28. The lowest BCUT2D eigenvalue weighted by Crippen LogP contribution is -2.22. The van der Waals surface area contributed by atoms with E-state index in [0.717, 1.165) is 11.4 Å². The zero-order chi connectivity index (χ0) is 19.7. The first-order valence-corrected chi connectivity index (χ1v) is 8.46. The van der Waals surface area contributed by atoms with E-state index in [0.29, 0.717) is 23.4 Å². The number of anilines is 1. The summed E-state index contributed by atoms with van der Waals surface area (Å²) in [5.74, 6) is -0.0246. The molecule has 0 aliphatic rings. The molecular formula is C18H16F3N7. The molecule has 0 saturated carbocycles. The summed E-state index contributed by atoms with van der Waals surface area (Å²) in [5, 5.41) is 10.8. The van der Waals surface area contributed by atoms with Gasteiger partial charge in [0.1, 0.15) is 11.6 Å². The molecule has 1 aromatic carbocycles. The van der Waals surface area contributed by atoms with Crippen LogP contribution in [-0.4, -0.2) is 36.4 Å². The number of hydrogen-bond donors (Lipinski definition) is 0. The average molecular weight is 387 g/mol. The van der Waals surface area contributed by atoms with Gasteiger partial charge in [-0.3, -0.25) is 0 Å². The molecule has 0 aliphatic heterocycles. The predicted molar refractivity (Wildman–Crippen MR) is 95.7 cm³/mol. The number of benzene rings is 1. The Balaban J connectivity index is 1.58. The Kier molecular flexibility index (Phi) is 4.46. The molecule has 0 saturated heterocycles. The molecule has 28 heavy (non-hydrogen) atoms. The number of rotatable bonds is 5. The second-order valence-corrected chi connectivity index (χ2v) is 6.30. The largest absolute Gasteiger partial charge is 0.453 e. The minimum absolute atomic E-state index is 0.0371. The lowest BCUT2D eigenvalue weighted by molar-refractivity contribution is -0.146. The highest BCUT2D eigenvalue weighted by molar-refractivity contribution is 5.45. The van der Waals surface area contributed by atoms with Crippen LogP contribution in [-0.2, 0) is 19.3 Å². The monoisotopic (exact) mass is 387 g/mol. The van der Waals surface area contributed by atoms with Crippen LogP contribution in [0.25, 0.3) is 5.65 Å². The first kappa shape index (κ1) is 18.0. The van der Waals surface area contributed by atoms with Crippen LogP contribution in [0.4, 0.5) is 19.0 Å². The lowest BCUT2D eigenvalue weighted by Gasteiger charge is -2.19. The Morgan fingerprint density at radius 3 is 2.57 bits per heavy atom. The normalized spacial score (nSPS) is 11.9. The van der Waals surface area contributed by atoms with Crippen molar-refractivity contribution in [2.75, 3.05) is 11.9 Å². The van der Waals surface area contributed by atoms with Crippen LogP contribution in [0, 0.1) is 0 Å². The second kappa shape index (κ2) is 6.95. The number of nitrogens with zero attached hydrogens (tertiary/aromatic N) is 7. The number of alkyl halides is 3. The van der Waals surface area contributed by atoms with Crippen molar-refractivity contribution in [3.63, 3.8) is 0 Å². The molecule has 0 atom stereocenters. The van der Waals surface area contributed by atoms with Gasteiger partial charge in [0.15, 0.2) is 5.65 Å². The molecule has 3 heterocycles. The van der Waals surface area contributed by atoms with Gasteiger partial charge in [-0.2, -0.15) is 17.7 Å². The van der Waals surface area contributed by atoms with E-state index < -0.39 is 12.0 Å². The SMILES string of the molecule is CN(Cc1nccn1Cc1ccccc1)c1ccc2nnc(C(F)(F)F)n2n1. The fourth-order valence-electron chi connectivity index (χ4n) is 2.87. The Morgan fingerprint density at radius 1 is 1.04 bits per heavy atom. The molecule has 10 heteroatoms. The quantitative estimate of drug-likeness (QED) is 0.527. The van der Waals surface area contributed by atoms with Crippen molar-refractivity contribution in [1.82, 2.24) is 29.4 Å². The Morgan fingerprint density at radius 2 is 1.82 bits per heavy atom. The maximum atomic E-state index is 13.1. The predicted octanol–water partition coefficient (Wildman–Crippen LogP) is 3.02. The molecule has 4 aromatic rings. The summed E-state index contributed by atoms with van der Waals surface area (Å²) in [6, 6.07) is 13.0. The highest BCUT2D eigenvalue weighted by Gasteiger charge is 2.37. The van der Waals surface area contributed by atoms with Crippen LogP contribution in [0.3, 0.4) is 0 Å². The zero-order valence-electron chi connectivity index (χ0n) is 14.9. The van der Waals surface area contributed by atoms with Crippen LogP contribution in [0.2, 0.25) is 0 Å². The van der Waals surface area contributed by atoms with E-state index in [1.54, 1.807) is 24.2 Å². The number of halogens is 3. The molecule has 0 amide bonds. The van der Waals surface area contributed by atoms with Crippen molar-refractivity contribution < 1.29 is 13.2 Å². The van der Waals surface area contributed by atoms with E-state index in [-0.39, 0.29) is 5.65 Å². The summed E-state index contributed by atoms with van der Waals surface area (Å²) in [6.07, 6.45) is -1.06. The molecule has 4 rings (SSSR count). The summed E-state index contributed by atoms with van der Waals surface area (Å²) in [7, 11) is 1.74. The van der Waals surface area contributed by atoms with Gasteiger partial charge in [0, 0.05) is 26.0 Å². The maximum absolute atomic E-state index is 13.1. The minimum Gasteiger partial charge on any atom is -0.351 e. The van der Waals surface area contributed by atoms with E-state index in [9.17, 15) is 13.2 Å². The molecule has 0 radical (unpaired) electrons. The van der Waals surface area contributed by atoms with Crippen molar-refractivity contribution >= 4 is 11.5 Å². The van der Waals surface area contributed by atoms with Crippen LogP contribution in [0.5, 0.6) is 0 Å². The van der Waals surface area contributed by atoms with E-state index in [1.165, 1.54) is 6.07 Å². The third-order valence-electron chi connectivity index (χ3n) is 4.27. The van der Waals surface area contributed by atoms with Gasteiger partial charge in [-0.05, 0) is 17.7 Å². The fourth-order valence-corrected chi connectivity index (χ4v) is 2.87. The molecule has 3 aromatic heterocycles. The van der Waals surface area contributed by atoms with Crippen LogP contribution in [0.15, 0.2) is 54.9 Å². The Bertz CT molecular complexity index is 1090. The fraction of sp³-hybridized carbons (Fsp3) is 0.222. The first-order chi connectivity index (χ1) is 13.4. The summed E-state index contributed by atoms with van der Waals surface area (Å²) < 4.78 is 41.9. The van der Waals surface area contributed by atoms with Crippen LogP contribution >= 0.6 is 0 Å².